The minimum Gasteiger partial charge on any atom is -0.366 e. The number of likely N-dealkylation sites (N-methyl/N-ethyl adjacent to an activating group) is 1. The standard InChI is InChI=1S/C13H21N3O/c1-10(16(2)3)8-15-9-11-6-4-5-7-12(11)13(14)17/h4-7,10,15H,8-9H2,1-3H3,(H2,14,17). The highest BCUT2D eigenvalue weighted by Gasteiger charge is 2.08. The molecule has 17 heavy (non-hydrogen) atoms. The van der Waals surface area contributed by atoms with Crippen LogP contribution in [0.15, 0.2) is 24.3 Å². The number of primary amides is 1. The minimum absolute atomic E-state index is 0.372. The number of hydrogen-bond donors (Lipinski definition) is 2. The van der Waals surface area contributed by atoms with Crippen LogP contribution in [0, 0.1) is 0 Å². The second kappa shape index (κ2) is 6.37. The normalized spacial score (nSPS) is 12.7. The Balaban J connectivity index is 2.55. The molecule has 0 aliphatic rings. The van der Waals surface area contributed by atoms with Gasteiger partial charge in [-0.05, 0) is 32.6 Å². The maximum absolute atomic E-state index is 11.2. The number of nitrogens with two attached hydrogens (primary N) is 1. The number of nitrogens with one attached hydrogen (secondary N) is 1. The van der Waals surface area contributed by atoms with Crippen molar-refractivity contribution in [2.45, 2.75) is 19.5 Å². The van der Waals surface area contributed by atoms with E-state index >= 15 is 0 Å². The Kier molecular flexibility index (Phi) is 5.12. The Bertz CT molecular complexity index is 377. The lowest BCUT2D eigenvalue weighted by atomic mass is 10.1. The molecular weight excluding hydrogens is 214 g/mol. The van der Waals surface area contributed by atoms with Crippen LogP contribution in [0.5, 0.6) is 0 Å². The van der Waals surface area contributed by atoms with Gasteiger partial charge in [0.15, 0.2) is 0 Å². The van der Waals surface area contributed by atoms with Gasteiger partial charge >= 0.3 is 0 Å². The fourth-order valence-electron chi connectivity index (χ4n) is 1.51. The first-order chi connectivity index (χ1) is 8.02. The van der Waals surface area contributed by atoms with Crippen LogP contribution in [0.25, 0.3) is 0 Å². The van der Waals surface area contributed by atoms with Crippen LogP contribution < -0.4 is 11.1 Å². The molecule has 0 aliphatic heterocycles. The number of carbonyl (C=O) groups excluding carboxylic acids is 1. The van der Waals surface area contributed by atoms with Crippen molar-refractivity contribution in [3.8, 4) is 0 Å². The van der Waals surface area contributed by atoms with Crippen molar-refractivity contribution < 1.29 is 4.79 Å². The van der Waals surface area contributed by atoms with Gasteiger partial charge < -0.3 is 16.0 Å². The molecule has 1 amide bonds. The fourth-order valence-corrected chi connectivity index (χ4v) is 1.51. The van der Waals surface area contributed by atoms with E-state index in [1.54, 1.807) is 6.07 Å². The number of carbonyl (C=O) groups is 1. The topological polar surface area (TPSA) is 58.4 Å². The van der Waals surface area contributed by atoms with E-state index in [1.165, 1.54) is 0 Å². The highest BCUT2D eigenvalue weighted by atomic mass is 16.1. The van der Waals surface area contributed by atoms with Crippen LogP contribution >= 0.6 is 0 Å². The molecule has 1 rings (SSSR count). The van der Waals surface area contributed by atoms with Crippen LogP contribution in [0.1, 0.15) is 22.8 Å². The molecule has 4 nitrogen and oxygen atoms in total. The van der Waals surface area contributed by atoms with Crippen LogP contribution in [0.3, 0.4) is 0 Å². The van der Waals surface area contributed by atoms with E-state index in [-0.39, 0.29) is 5.91 Å². The van der Waals surface area contributed by atoms with Gasteiger partial charge in [-0.3, -0.25) is 4.79 Å². The third-order valence-electron chi connectivity index (χ3n) is 2.92. The fraction of sp³-hybridized carbons (Fsp3) is 0.462. The minimum atomic E-state index is -0.372. The summed E-state index contributed by atoms with van der Waals surface area (Å²) in [6.45, 7) is 3.68. The summed E-state index contributed by atoms with van der Waals surface area (Å²) in [5.41, 5.74) is 6.86. The lowest BCUT2D eigenvalue weighted by molar-refractivity contribution is 0.0999. The van der Waals surface area contributed by atoms with Gasteiger partial charge in [-0.2, -0.15) is 0 Å². The van der Waals surface area contributed by atoms with Gasteiger partial charge in [0.25, 0.3) is 0 Å². The largest absolute Gasteiger partial charge is 0.366 e. The monoisotopic (exact) mass is 235 g/mol. The molecule has 0 bridgehead atoms. The first-order valence-corrected chi connectivity index (χ1v) is 5.77. The number of benzene rings is 1. The molecule has 0 heterocycles. The summed E-state index contributed by atoms with van der Waals surface area (Å²) in [5.74, 6) is -0.372. The third kappa shape index (κ3) is 4.17. The van der Waals surface area contributed by atoms with Crippen LogP contribution in [-0.2, 0) is 6.54 Å². The zero-order chi connectivity index (χ0) is 12.8. The summed E-state index contributed by atoms with van der Waals surface area (Å²) in [6.07, 6.45) is 0. The molecule has 0 spiro atoms. The molecule has 4 heteroatoms. The summed E-state index contributed by atoms with van der Waals surface area (Å²) in [4.78, 5) is 13.4. The third-order valence-corrected chi connectivity index (χ3v) is 2.92. The van der Waals surface area contributed by atoms with Crippen LogP contribution in [-0.4, -0.2) is 37.5 Å². The second-order valence-electron chi connectivity index (χ2n) is 4.46. The molecule has 0 radical (unpaired) electrons. The average Bonchev–Trinajstić information content (AvgIpc) is 2.29. The lowest BCUT2D eigenvalue weighted by Crippen LogP contribution is -2.35. The molecule has 94 valence electrons. The van der Waals surface area contributed by atoms with Gasteiger partial charge in [-0.1, -0.05) is 18.2 Å². The zero-order valence-corrected chi connectivity index (χ0v) is 10.7. The van der Waals surface area contributed by atoms with E-state index in [4.69, 9.17) is 5.73 Å². The first kappa shape index (κ1) is 13.7. The summed E-state index contributed by atoms with van der Waals surface area (Å²) < 4.78 is 0. The Morgan fingerprint density at radius 3 is 2.65 bits per heavy atom. The maximum atomic E-state index is 11.2. The quantitative estimate of drug-likeness (QED) is 0.767. The molecule has 3 N–H and O–H groups in total. The number of rotatable bonds is 6. The van der Waals surface area contributed by atoms with Crippen molar-refractivity contribution in [1.29, 1.82) is 0 Å². The van der Waals surface area contributed by atoms with Crippen molar-refractivity contribution in [2.75, 3.05) is 20.6 Å². The summed E-state index contributed by atoms with van der Waals surface area (Å²) in [6, 6.07) is 7.88. The SMILES string of the molecule is CC(CNCc1ccccc1C(N)=O)N(C)C. The van der Waals surface area contributed by atoms with E-state index in [0.29, 0.717) is 18.2 Å². The van der Waals surface area contributed by atoms with Crippen LogP contribution in [0.2, 0.25) is 0 Å². The Morgan fingerprint density at radius 1 is 1.41 bits per heavy atom. The Hall–Kier alpha value is -1.39. The first-order valence-electron chi connectivity index (χ1n) is 5.77. The summed E-state index contributed by atoms with van der Waals surface area (Å²) >= 11 is 0. The van der Waals surface area contributed by atoms with E-state index < -0.39 is 0 Å². The molecule has 1 atom stereocenters. The van der Waals surface area contributed by atoms with Gasteiger partial charge in [0.1, 0.15) is 0 Å². The van der Waals surface area contributed by atoms with E-state index in [9.17, 15) is 4.79 Å². The van der Waals surface area contributed by atoms with Gasteiger partial charge in [-0.25, -0.2) is 0 Å². The number of nitrogens with zero attached hydrogens (tertiary/aromatic N) is 1. The zero-order valence-electron chi connectivity index (χ0n) is 10.7. The van der Waals surface area contributed by atoms with E-state index in [1.807, 2.05) is 32.3 Å². The highest BCUT2D eigenvalue weighted by molar-refractivity contribution is 5.94. The predicted octanol–water partition coefficient (Wildman–Crippen LogP) is 0.825. The molecule has 1 aromatic rings. The van der Waals surface area contributed by atoms with E-state index in [0.717, 1.165) is 12.1 Å². The highest BCUT2D eigenvalue weighted by Crippen LogP contribution is 2.07. The van der Waals surface area contributed by atoms with Crippen molar-refractivity contribution in [2.24, 2.45) is 5.73 Å². The van der Waals surface area contributed by atoms with Crippen molar-refractivity contribution in [3.05, 3.63) is 35.4 Å². The Morgan fingerprint density at radius 2 is 2.06 bits per heavy atom. The predicted molar refractivity (Wildman–Crippen MR) is 69.8 cm³/mol. The molecule has 0 saturated carbocycles. The number of amides is 1. The molecular formula is C13H21N3O. The number of hydrogen-bond acceptors (Lipinski definition) is 3. The van der Waals surface area contributed by atoms with Crippen molar-refractivity contribution >= 4 is 5.91 Å². The molecule has 1 unspecified atom stereocenters. The Labute approximate surface area is 103 Å². The second-order valence-corrected chi connectivity index (χ2v) is 4.46. The lowest BCUT2D eigenvalue weighted by Gasteiger charge is -2.20. The maximum Gasteiger partial charge on any atom is 0.249 e. The van der Waals surface area contributed by atoms with Crippen LogP contribution in [0.4, 0.5) is 0 Å². The van der Waals surface area contributed by atoms with Gasteiger partial charge in [0, 0.05) is 24.7 Å². The molecule has 1 aromatic carbocycles. The summed E-state index contributed by atoms with van der Waals surface area (Å²) in [5, 5.41) is 3.33. The van der Waals surface area contributed by atoms with Crippen molar-refractivity contribution in [3.63, 3.8) is 0 Å². The van der Waals surface area contributed by atoms with Gasteiger partial charge in [0.05, 0.1) is 0 Å². The smallest absolute Gasteiger partial charge is 0.249 e. The molecule has 0 aromatic heterocycles. The average molecular weight is 235 g/mol. The van der Waals surface area contributed by atoms with Gasteiger partial charge in [0.2, 0.25) is 5.91 Å². The van der Waals surface area contributed by atoms with E-state index in [2.05, 4.69) is 17.1 Å². The van der Waals surface area contributed by atoms with Crippen molar-refractivity contribution in [1.82, 2.24) is 10.2 Å². The van der Waals surface area contributed by atoms with Gasteiger partial charge in [-0.15, -0.1) is 0 Å². The summed E-state index contributed by atoms with van der Waals surface area (Å²) in [7, 11) is 4.09. The molecule has 0 fully saturated rings. The molecule has 0 aliphatic carbocycles. The molecule has 0 saturated heterocycles.